The predicted octanol–water partition coefficient (Wildman–Crippen LogP) is 3.21. The average Bonchev–Trinajstić information content (AvgIpc) is 2.65. The van der Waals surface area contributed by atoms with Crippen molar-refractivity contribution in [1.29, 1.82) is 0 Å². The van der Waals surface area contributed by atoms with Crippen molar-refractivity contribution < 1.29 is 19.4 Å². The molecule has 2 N–H and O–H groups in total. The Balaban J connectivity index is 2.32. The van der Waals surface area contributed by atoms with Gasteiger partial charge in [-0.3, -0.25) is 0 Å². The van der Waals surface area contributed by atoms with Gasteiger partial charge in [-0.25, -0.2) is 4.79 Å². The summed E-state index contributed by atoms with van der Waals surface area (Å²) in [5.41, 5.74) is 3.48. The van der Waals surface area contributed by atoms with E-state index in [0.29, 0.717) is 16.8 Å². The summed E-state index contributed by atoms with van der Waals surface area (Å²) in [5, 5.41) is 15.8. The van der Waals surface area contributed by atoms with Crippen LogP contribution in [0.25, 0.3) is 10.8 Å². The Morgan fingerprint density at radius 1 is 1.08 bits per heavy atom. The summed E-state index contributed by atoms with van der Waals surface area (Å²) in [6, 6.07) is 13.9. The molecule has 0 saturated carbocycles. The first kappa shape index (κ1) is 18.2. The number of rotatable bonds is 4. The SMILES string of the molecule is COC(=O)C1=C(C)NC(C)=C(C(O)OC)C1c1cccc2ccccc12. The van der Waals surface area contributed by atoms with Crippen LogP contribution in [-0.2, 0) is 14.3 Å². The summed E-state index contributed by atoms with van der Waals surface area (Å²) in [6.07, 6.45) is -1.14. The molecular weight excluding hydrogens is 330 g/mol. The van der Waals surface area contributed by atoms with Gasteiger partial charge in [0.05, 0.1) is 12.7 Å². The molecule has 136 valence electrons. The van der Waals surface area contributed by atoms with Crippen molar-refractivity contribution in [1.82, 2.24) is 5.32 Å². The van der Waals surface area contributed by atoms with E-state index in [0.717, 1.165) is 22.0 Å². The Bertz CT molecular complexity index is 908. The molecule has 0 aliphatic carbocycles. The van der Waals surface area contributed by atoms with Gasteiger partial charge in [-0.05, 0) is 30.2 Å². The smallest absolute Gasteiger partial charge is 0.336 e. The third-order valence-corrected chi connectivity index (χ3v) is 4.84. The lowest BCUT2D eigenvalue weighted by Crippen LogP contribution is -2.33. The van der Waals surface area contributed by atoms with Gasteiger partial charge >= 0.3 is 5.97 Å². The maximum atomic E-state index is 12.6. The zero-order valence-electron chi connectivity index (χ0n) is 15.4. The molecule has 5 heteroatoms. The fourth-order valence-electron chi connectivity index (χ4n) is 3.67. The van der Waals surface area contributed by atoms with Gasteiger partial charge in [0.1, 0.15) is 0 Å². The minimum atomic E-state index is -1.14. The minimum Gasteiger partial charge on any atom is -0.466 e. The Morgan fingerprint density at radius 2 is 1.77 bits per heavy atom. The number of benzene rings is 2. The van der Waals surface area contributed by atoms with Gasteiger partial charge in [0.2, 0.25) is 0 Å². The van der Waals surface area contributed by atoms with Gasteiger partial charge in [-0.15, -0.1) is 0 Å². The first-order valence-electron chi connectivity index (χ1n) is 8.44. The van der Waals surface area contributed by atoms with Gasteiger partial charge in [0.25, 0.3) is 0 Å². The van der Waals surface area contributed by atoms with E-state index in [1.807, 2.05) is 56.3 Å². The lowest BCUT2D eigenvalue weighted by Gasteiger charge is -2.33. The zero-order valence-corrected chi connectivity index (χ0v) is 15.4. The van der Waals surface area contributed by atoms with E-state index in [1.165, 1.54) is 14.2 Å². The van der Waals surface area contributed by atoms with E-state index in [1.54, 1.807) is 0 Å². The number of allylic oxidation sites excluding steroid dienone is 2. The first-order chi connectivity index (χ1) is 12.5. The molecule has 1 aliphatic heterocycles. The summed E-state index contributed by atoms with van der Waals surface area (Å²) >= 11 is 0. The summed E-state index contributed by atoms with van der Waals surface area (Å²) in [7, 11) is 2.80. The van der Waals surface area contributed by atoms with Crippen LogP contribution >= 0.6 is 0 Å². The van der Waals surface area contributed by atoms with Crippen LogP contribution in [0.3, 0.4) is 0 Å². The molecule has 26 heavy (non-hydrogen) atoms. The monoisotopic (exact) mass is 353 g/mol. The molecule has 2 unspecified atom stereocenters. The summed E-state index contributed by atoms with van der Waals surface area (Å²) in [4.78, 5) is 12.6. The van der Waals surface area contributed by atoms with Gasteiger partial charge in [0, 0.05) is 30.0 Å². The molecule has 0 spiro atoms. The predicted molar refractivity (Wildman–Crippen MR) is 100 cm³/mol. The minimum absolute atomic E-state index is 0.429. The quantitative estimate of drug-likeness (QED) is 0.653. The molecule has 2 aromatic carbocycles. The number of carbonyl (C=O) groups is 1. The van der Waals surface area contributed by atoms with Crippen LogP contribution in [0.1, 0.15) is 25.3 Å². The van der Waals surface area contributed by atoms with E-state index in [9.17, 15) is 9.90 Å². The van der Waals surface area contributed by atoms with Crippen molar-refractivity contribution in [2.24, 2.45) is 0 Å². The molecule has 0 saturated heterocycles. The van der Waals surface area contributed by atoms with Crippen LogP contribution < -0.4 is 5.32 Å². The summed E-state index contributed by atoms with van der Waals surface area (Å²) < 4.78 is 10.2. The van der Waals surface area contributed by atoms with E-state index >= 15 is 0 Å². The molecule has 0 amide bonds. The van der Waals surface area contributed by atoms with Crippen LogP contribution in [0.2, 0.25) is 0 Å². The van der Waals surface area contributed by atoms with Crippen LogP contribution in [0.4, 0.5) is 0 Å². The largest absolute Gasteiger partial charge is 0.466 e. The molecule has 0 bridgehead atoms. The maximum absolute atomic E-state index is 12.6. The normalized spacial score (nSPS) is 18.7. The number of nitrogens with one attached hydrogen (secondary N) is 1. The van der Waals surface area contributed by atoms with Crippen LogP contribution in [0, 0.1) is 0 Å². The average molecular weight is 353 g/mol. The maximum Gasteiger partial charge on any atom is 0.336 e. The van der Waals surface area contributed by atoms with Gasteiger partial charge in [-0.2, -0.15) is 0 Å². The number of dihydropyridines is 1. The van der Waals surface area contributed by atoms with E-state index < -0.39 is 18.2 Å². The van der Waals surface area contributed by atoms with Crippen molar-refractivity contribution in [2.45, 2.75) is 26.1 Å². The third-order valence-electron chi connectivity index (χ3n) is 4.84. The standard InChI is InChI=1S/C21H23NO4/c1-12-17(20(23)25-3)19(18(13(2)22-12)21(24)26-4)16-11-7-9-14-8-5-6-10-15(14)16/h5-11,19-20,22-23H,1-4H3. The number of methoxy groups -OCH3 is 2. The molecule has 2 atom stereocenters. The van der Waals surface area contributed by atoms with Gasteiger partial charge in [-0.1, -0.05) is 42.5 Å². The highest BCUT2D eigenvalue weighted by Gasteiger charge is 2.37. The van der Waals surface area contributed by atoms with Crippen molar-refractivity contribution >= 4 is 16.7 Å². The number of fused-ring (bicyclic) bond motifs is 1. The zero-order chi connectivity index (χ0) is 18.8. The second-order valence-corrected chi connectivity index (χ2v) is 6.33. The molecule has 1 heterocycles. The molecule has 1 aliphatic rings. The van der Waals surface area contributed by atoms with E-state index in [-0.39, 0.29) is 0 Å². The molecule has 0 fully saturated rings. The second-order valence-electron chi connectivity index (χ2n) is 6.33. The molecule has 0 aromatic heterocycles. The number of ether oxygens (including phenoxy) is 2. The van der Waals surface area contributed by atoms with Crippen LogP contribution in [0.5, 0.6) is 0 Å². The van der Waals surface area contributed by atoms with Crippen molar-refractivity contribution in [3.05, 3.63) is 70.6 Å². The molecule has 0 radical (unpaired) electrons. The number of hydrogen-bond acceptors (Lipinski definition) is 5. The Hall–Kier alpha value is -2.63. The Labute approximate surface area is 152 Å². The second kappa shape index (κ2) is 7.32. The van der Waals surface area contributed by atoms with Crippen LogP contribution in [0.15, 0.2) is 65.0 Å². The topological polar surface area (TPSA) is 67.8 Å². The van der Waals surface area contributed by atoms with Gasteiger partial charge in [0.15, 0.2) is 6.29 Å². The lowest BCUT2D eigenvalue weighted by atomic mass is 9.78. The number of hydrogen-bond donors (Lipinski definition) is 2. The molecular formula is C21H23NO4. The number of aliphatic hydroxyl groups is 1. The van der Waals surface area contributed by atoms with E-state index in [4.69, 9.17) is 9.47 Å². The summed E-state index contributed by atoms with van der Waals surface area (Å²) in [6.45, 7) is 3.71. The van der Waals surface area contributed by atoms with Crippen molar-refractivity contribution in [3.8, 4) is 0 Å². The van der Waals surface area contributed by atoms with Crippen molar-refractivity contribution in [3.63, 3.8) is 0 Å². The third kappa shape index (κ3) is 3.00. The Morgan fingerprint density at radius 3 is 2.46 bits per heavy atom. The highest BCUT2D eigenvalue weighted by Crippen LogP contribution is 2.42. The summed E-state index contributed by atoms with van der Waals surface area (Å²) in [5.74, 6) is -0.897. The number of esters is 1. The molecule has 3 rings (SSSR count). The first-order valence-corrected chi connectivity index (χ1v) is 8.44. The van der Waals surface area contributed by atoms with Crippen LogP contribution in [-0.4, -0.2) is 31.6 Å². The Kier molecular flexibility index (Phi) is 5.11. The fourth-order valence-corrected chi connectivity index (χ4v) is 3.67. The highest BCUT2D eigenvalue weighted by atomic mass is 16.6. The molecule has 5 nitrogen and oxygen atoms in total. The lowest BCUT2D eigenvalue weighted by molar-refractivity contribution is -0.136. The fraction of sp³-hybridized carbons (Fsp3) is 0.286. The van der Waals surface area contributed by atoms with Gasteiger partial charge < -0.3 is 19.9 Å². The van der Waals surface area contributed by atoms with Crippen molar-refractivity contribution in [2.75, 3.05) is 14.2 Å². The number of carbonyl (C=O) groups excluding carboxylic acids is 1. The van der Waals surface area contributed by atoms with E-state index in [2.05, 4.69) is 5.32 Å². The highest BCUT2D eigenvalue weighted by molar-refractivity contribution is 5.95. The number of aliphatic hydroxyl groups excluding tert-OH is 1. The molecule has 2 aromatic rings.